The van der Waals surface area contributed by atoms with Gasteiger partial charge in [0.05, 0.1) is 31.1 Å². The van der Waals surface area contributed by atoms with Gasteiger partial charge in [-0.25, -0.2) is 19.6 Å². The van der Waals surface area contributed by atoms with Crippen molar-refractivity contribution in [3.8, 4) is 0 Å². The summed E-state index contributed by atoms with van der Waals surface area (Å²) in [5.74, 6) is 0.852. The van der Waals surface area contributed by atoms with Gasteiger partial charge in [-0.1, -0.05) is 12.1 Å². The van der Waals surface area contributed by atoms with Crippen LogP contribution in [0.1, 0.15) is 88.9 Å². The van der Waals surface area contributed by atoms with Crippen LogP contribution in [0.4, 0.5) is 11.6 Å². The molecule has 0 aliphatic carbocycles. The second-order valence-corrected chi connectivity index (χ2v) is 12.2. The fourth-order valence-electron chi connectivity index (χ4n) is 6.19. The number of anilines is 2. The number of carbonyl (C=O) groups excluding carboxylic acids is 1. The standard InChI is InChI=1S/C19H25N3O2.C17H21N3O2/c1-3-24-19(23)17-12-15(2)13-22(17)14-16-8-7-9-18(20-16)21-10-5-4-6-11-21;1-13-10-15(17(21)22)20(11-13)12-14-6-5-7-16(18-14)19-8-3-2-4-9-19/h7-9,12-13H,3-6,10-11,14H2,1-2H3;5-7,10-11H,2-4,8-9,12H2,1H3,(H,21,22). The summed E-state index contributed by atoms with van der Waals surface area (Å²) in [6.45, 7) is 11.4. The quantitative estimate of drug-likeness (QED) is 0.215. The molecule has 2 aliphatic rings. The highest BCUT2D eigenvalue weighted by molar-refractivity contribution is 5.88. The first-order chi connectivity index (χ1) is 22.3. The maximum Gasteiger partial charge on any atom is 0.354 e. The molecule has 46 heavy (non-hydrogen) atoms. The van der Waals surface area contributed by atoms with Crippen molar-refractivity contribution in [3.05, 3.63) is 94.8 Å². The number of hydrogen-bond acceptors (Lipinski definition) is 7. The molecule has 0 radical (unpaired) electrons. The normalized spacial score (nSPS) is 14.8. The first kappa shape index (κ1) is 32.8. The number of carboxylic acid groups (broad SMARTS) is 1. The maximum atomic E-state index is 12.1. The van der Waals surface area contributed by atoms with Crippen molar-refractivity contribution >= 4 is 23.6 Å². The number of pyridine rings is 2. The van der Waals surface area contributed by atoms with Crippen LogP contribution in [0.5, 0.6) is 0 Å². The zero-order chi connectivity index (χ0) is 32.5. The van der Waals surface area contributed by atoms with Gasteiger partial charge in [-0.05, 0) is 107 Å². The van der Waals surface area contributed by atoms with Crippen LogP contribution in [0.2, 0.25) is 0 Å². The minimum absolute atomic E-state index is 0.280. The van der Waals surface area contributed by atoms with E-state index in [-0.39, 0.29) is 5.97 Å². The summed E-state index contributed by atoms with van der Waals surface area (Å²) in [4.78, 5) is 37.6. The van der Waals surface area contributed by atoms with Crippen molar-refractivity contribution < 1.29 is 19.4 Å². The Balaban J connectivity index is 0.000000182. The van der Waals surface area contributed by atoms with Crippen molar-refractivity contribution in [2.24, 2.45) is 0 Å². The topological polar surface area (TPSA) is 106 Å². The molecule has 2 aliphatic heterocycles. The number of aryl methyl sites for hydroxylation is 2. The third kappa shape index (κ3) is 8.56. The number of ether oxygens (including phenoxy) is 1. The molecule has 4 aromatic rings. The number of hydrogen-bond donors (Lipinski definition) is 1. The third-order valence-corrected chi connectivity index (χ3v) is 8.38. The second-order valence-electron chi connectivity index (χ2n) is 12.2. The second kappa shape index (κ2) is 15.6. The van der Waals surface area contributed by atoms with Crippen molar-refractivity contribution in [1.82, 2.24) is 19.1 Å². The van der Waals surface area contributed by atoms with Crippen LogP contribution in [0.3, 0.4) is 0 Å². The van der Waals surface area contributed by atoms with Crippen LogP contribution in [-0.2, 0) is 17.8 Å². The molecule has 10 heteroatoms. The number of aromatic carboxylic acids is 1. The Morgan fingerprint density at radius 1 is 0.717 bits per heavy atom. The summed E-state index contributed by atoms with van der Waals surface area (Å²) < 4.78 is 8.83. The lowest BCUT2D eigenvalue weighted by molar-refractivity contribution is 0.0513. The molecule has 6 heterocycles. The van der Waals surface area contributed by atoms with Crippen LogP contribution < -0.4 is 9.80 Å². The lowest BCUT2D eigenvalue weighted by atomic mass is 10.1. The molecule has 0 atom stereocenters. The van der Waals surface area contributed by atoms with Gasteiger partial charge in [0.2, 0.25) is 0 Å². The zero-order valence-electron chi connectivity index (χ0n) is 27.3. The molecule has 6 rings (SSSR count). The van der Waals surface area contributed by atoms with Crippen LogP contribution >= 0.6 is 0 Å². The van der Waals surface area contributed by atoms with Crippen LogP contribution in [-0.4, -0.2) is 68.9 Å². The van der Waals surface area contributed by atoms with E-state index in [1.54, 1.807) is 10.6 Å². The van der Waals surface area contributed by atoms with E-state index in [0.717, 1.165) is 60.3 Å². The van der Waals surface area contributed by atoms with Gasteiger partial charge in [0, 0.05) is 38.6 Å². The van der Waals surface area contributed by atoms with Gasteiger partial charge in [-0.2, -0.15) is 0 Å². The maximum absolute atomic E-state index is 12.1. The summed E-state index contributed by atoms with van der Waals surface area (Å²) in [5, 5.41) is 9.27. The molecule has 0 unspecified atom stereocenters. The van der Waals surface area contributed by atoms with E-state index in [1.807, 2.05) is 74.1 Å². The number of piperidine rings is 2. The minimum atomic E-state index is -0.903. The smallest absolute Gasteiger partial charge is 0.354 e. The van der Waals surface area contributed by atoms with Gasteiger partial charge in [0.25, 0.3) is 0 Å². The first-order valence-electron chi connectivity index (χ1n) is 16.5. The number of aromatic nitrogens is 4. The molecule has 0 bridgehead atoms. The first-order valence-corrected chi connectivity index (χ1v) is 16.5. The molecule has 0 saturated carbocycles. The Kier molecular flexibility index (Phi) is 11.1. The molecule has 0 spiro atoms. The Labute approximate surface area is 271 Å². The van der Waals surface area contributed by atoms with Gasteiger partial charge < -0.3 is 28.8 Å². The number of carbonyl (C=O) groups is 2. The van der Waals surface area contributed by atoms with Crippen molar-refractivity contribution in [1.29, 1.82) is 0 Å². The number of rotatable bonds is 9. The molecular formula is C36H46N6O4. The summed E-state index contributed by atoms with van der Waals surface area (Å²) in [7, 11) is 0. The molecule has 0 aromatic carbocycles. The van der Waals surface area contributed by atoms with E-state index in [0.29, 0.717) is 31.1 Å². The lowest BCUT2D eigenvalue weighted by Gasteiger charge is -2.28. The van der Waals surface area contributed by atoms with Gasteiger partial charge in [0.15, 0.2) is 0 Å². The van der Waals surface area contributed by atoms with Crippen molar-refractivity contribution in [2.75, 3.05) is 42.6 Å². The van der Waals surface area contributed by atoms with E-state index in [1.165, 1.54) is 38.5 Å². The zero-order valence-corrected chi connectivity index (χ0v) is 27.3. The Morgan fingerprint density at radius 3 is 1.63 bits per heavy atom. The molecule has 244 valence electrons. The summed E-state index contributed by atoms with van der Waals surface area (Å²) in [6, 6.07) is 15.7. The largest absolute Gasteiger partial charge is 0.477 e. The van der Waals surface area contributed by atoms with Crippen LogP contribution in [0.15, 0.2) is 60.9 Å². The number of esters is 1. The molecule has 0 amide bonds. The predicted octanol–water partition coefficient (Wildman–Crippen LogP) is 6.34. The number of nitrogens with zero attached hydrogens (tertiary/aromatic N) is 6. The highest BCUT2D eigenvalue weighted by atomic mass is 16.5. The summed E-state index contributed by atoms with van der Waals surface area (Å²) in [5.41, 5.74) is 4.73. The van der Waals surface area contributed by atoms with Gasteiger partial charge in [0.1, 0.15) is 23.0 Å². The van der Waals surface area contributed by atoms with Crippen LogP contribution in [0.25, 0.3) is 0 Å². The van der Waals surface area contributed by atoms with E-state index in [2.05, 4.69) is 15.9 Å². The van der Waals surface area contributed by atoms with Crippen LogP contribution in [0, 0.1) is 13.8 Å². The fraction of sp³-hybridized carbons (Fsp3) is 0.444. The highest BCUT2D eigenvalue weighted by Gasteiger charge is 2.17. The van der Waals surface area contributed by atoms with Crippen molar-refractivity contribution in [3.63, 3.8) is 0 Å². The summed E-state index contributed by atoms with van der Waals surface area (Å²) in [6.07, 6.45) is 11.3. The van der Waals surface area contributed by atoms with Crippen molar-refractivity contribution in [2.45, 2.75) is 72.4 Å². The Bertz CT molecular complexity index is 1610. The van der Waals surface area contributed by atoms with Gasteiger partial charge >= 0.3 is 11.9 Å². The molecule has 2 fully saturated rings. The molecule has 1 N–H and O–H groups in total. The monoisotopic (exact) mass is 626 g/mol. The summed E-state index contributed by atoms with van der Waals surface area (Å²) >= 11 is 0. The molecular weight excluding hydrogens is 580 g/mol. The lowest BCUT2D eigenvalue weighted by Crippen LogP contribution is -2.30. The van der Waals surface area contributed by atoms with E-state index in [4.69, 9.17) is 14.7 Å². The number of carboxylic acids is 1. The van der Waals surface area contributed by atoms with E-state index < -0.39 is 5.97 Å². The van der Waals surface area contributed by atoms with Gasteiger partial charge in [-0.3, -0.25) is 0 Å². The Morgan fingerprint density at radius 2 is 1.17 bits per heavy atom. The van der Waals surface area contributed by atoms with E-state index >= 15 is 0 Å². The average Bonchev–Trinajstić information content (AvgIpc) is 3.63. The average molecular weight is 627 g/mol. The fourth-order valence-corrected chi connectivity index (χ4v) is 6.19. The molecule has 10 nitrogen and oxygen atoms in total. The van der Waals surface area contributed by atoms with Gasteiger partial charge in [-0.15, -0.1) is 0 Å². The van der Waals surface area contributed by atoms with E-state index in [9.17, 15) is 14.7 Å². The minimum Gasteiger partial charge on any atom is -0.477 e. The SMILES string of the molecule is CCOC(=O)c1cc(C)cn1Cc1cccc(N2CCCCC2)n1.Cc1cc(C(=O)O)n(Cc2cccc(N3CCCCC3)n2)c1. The third-order valence-electron chi connectivity index (χ3n) is 8.38. The Hall–Kier alpha value is -4.60. The molecule has 4 aromatic heterocycles. The predicted molar refractivity (Wildman–Crippen MR) is 180 cm³/mol. The highest BCUT2D eigenvalue weighted by Crippen LogP contribution is 2.20. The molecule has 2 saturated heterocycles.